The zero-order valence-corrected chi connectivity index (χ0v) is 10.6. The molecule has 0 bridgehead atoms. The standard InChI is InChI=1S/C13H13N3O3/c1-16-7-6-11(15-16)12(17)14-10-5-3-4-9(8-10)13(18)19-2/h3-8H,1-2H3,(H,14,17). The van der Waals surface area contributed by atoms with Gasteiger partial charge in [0, 0.05) is 18.9 Å². The van der Waals surface area contributed by atoms with E-state index in [0.29, 0.717) is 16.9 Å². The monoisotopic (exact) mass is 259 g/mol. The molecule has 6 heteroatoms. The van der Waals surface area contributed by atoms with E-state index in [0.717, 1.165) is 0 Å². The molecule has 1 amide bonds. The Morgan fingerprint density at radius 2 is 2.11 bits per heavy atom. The average molecular weight is 259 g/mol. The summed E-state index contributed by atoms with van der Waals surface area (Å²) in [5, 5.41) is 6.66. The Hall–Kier alpha value is -2.63. The van der Waals surface area contributed by atoms with Gasteiger partial charge >= 0.3 is 5.97 Å². The summed E-state index contributed by atoms with van der Waals surface area (Å²) in [6, 6.07) is 8.13. The van der Waals surface area contributed by atoms with Gasteiger partial charge in [0.15, 0.2) is 5.69 Å². The number of carbonyl (C=O) groups excluding carboxylic acids is 2. The van der Waals surface area contributed by atoms with Gasteiger partial charge in [-0.05, 0) is 24.3 Å². The molecular formula is C13H13N3O3. The second-order valence-corrected chi connectivity index (χ2v) is 3.90. The maximum Gasteiger partial charge on any atom is 0.337 e. The molecule has 2 rings (SSSR count). The first-order valence-electron chi connectivity index (χ1n) is 5.59. The zero-order chi connectivity index (χ0) is 13.8. The molecule has 0 aliphatic heterocycles. The highest BCUT2D eigenvalue weighted by molar-refractivity contribution is 6.03. The molecule has 0 saturated carbocycles. The van der Waals surface area contributed by atoms with Crippen LogP contribution in [0, 0.1) is 0 Å². The highest BCUT2D eigenvalue weighted by Gasteiger charge is 2.11. The number of esters is 1. The van der Waals surface area contributed by atoms with E-state index >= 15 is 0 Å². The van der Waals surface area contributed by atoms with Gasteiger partial charge in [0.25, 0.3) is 5.91 Å². The molecule has 0 aliphatic rings. The third-order valence-electron chi connectivity index (χ3n) is 2.49. The molecule has 2 aromatic rings. The third-order valence-corrected chi connectivity index (χ3v) is 2.49. The molecule has 1 heterocycles. The molecule has 0 unspecified atom stereocenters. The Labute approximate surface area is 110 Å². The lowest BCUT2D eigenvalue weighted by Crippen LogP contribution is -2.13. The Kier molecular flexibility index (Phi) is 3.61. The summed E-state index contributed by atoms with van der Waals surface area (Å²) in [4.78, 5) is 23.2. The number of aryl methyl sites for hydroxylation is 1. The fourth-order valence-corrected chi connectivity index (χ4v) is 1.57. The van der Waals surface area contributed by atoms with Crippen molar-refractivity contribution in [3.05, 3.63) is 47.8 Å². The summed E-state index contributed by atoms with van der Waals surface area (Å²) < 4.78 is 6.16. The van der Waals surface area contributed by atoms with Gasteiger partial charge in [-0.3, -0.25) is 9.48 Å². The number of ether oxygens (including phenoxy) is 1. The lowest BCUT2D eigenvalue weighted by molar-refractivity contribution is 0.0600. The minimum absolute atomic E-state index is 0.311. The number of nitrogens with zero attached hydrogens (tertiary/aromatic N) is 2. The number of benzene rings is 1. The van der Waals surface area contributed by atoms with E-state index in [1.807, 2.05) is 0 Å². The number of rotatable bonds is 3. The number of aromatic nitrogens is 2. The predicted octanol–water partition coefficient (Wildman–Crippen LogP) is 1.46. The predicted molar refractivity (Wildman–Crippen MR) is 68.9 cm³/mol. The second-order valence-electron chi connectivity index (χ2n) is 3.90. The van der Waals surface area contributed by atoms with Crippen molar-refractivity contribution >= 4 is 17.6 Å². The van der Waals surface area contributed by atoms with Crippen molar-refractivity contribution in [1.82, 2.24) is 9.78 Å². The number of nitrogens with one attached hydrogen (secondary N) is 1. The van der Waals surface area contributed by atoms with E-state index in [2.05, 4.69) is 15.2 Å². The smallest absolute Gasteiger partial charge is 0.337 e. The summed E-state index contributed by atoms with van der Waals surface area (Å²) >= 11 is 0. The molecule has 0 radical (unpaired) electrons. The van der Waals surface area contributed by atoms with Crippen molar-refractivity contribution in [3.8, 4) is 0 Å². The molecule has 0 aliphatic carbocycles. The molecule has 6 nitrogen and oxygen atoms in total. The molecule has 1 N–H and O–H groups in total. The summed E-state index contributed by atoms with van der Waals surface area (Å²) in [5.41, 5.74) is 1.20. The molecule has 19 heavy (non-hydrogen) atoms. The van der Waals surface area contributed by atoms with Gasteiger partial charge in [0.1, 0.15) is 0 Å². The quantitative estimate of drug-likeness (QED) is 0.847. The average Bonchev–Trinajstić information content (AvgIpc) is 2.85. The van der Waals surface area contributed by atoms with Gasteiger partial charge in [-0.15, -0.1) is 0 Å². The third kappa shape index (κ3) is 2.98. The number of anilines is 1. The second kappa shape index (κ2) is 5.34. The molecular weight excluding hydrogens is 246 g/mol. The minimum Gasteiger partial charge on any atom is -0.465 e. The normalized spacial score (nSPS) is 10.0. The lowest BCUT2D eigenvalue weighted by atomic mass is 10.2. The number of carbonyl (C=O) groups is 2. The van der Waals surface area contributed by atoms with Crippen molar-refractivity contribution in [2.45, 2.75) is 0 Å². The van der Waals surface area contributed by atoms with Crippen LogP contribution in [0.3, 0.4) is 0 Å². The summed E-state index contributed by atoms with van der Waals surface area (Å²) in [6.45, 7) is 0. The van der Waals surface area contributed by atoms with Crippen LogP contribution >= 0.6 is 0 Å². The first-order chi connectivity index (χ1) is 9.10. The van der Waals surface area contributed by atoms with Crippen LogP contribution in [0.25, 0.3) is 0 Å². The topological polar surface area (TPSA) is 73.2 Å². The van der Waals surface area contributed by atoms with Crippen molar-refractivity contribution in [1.29, 1.82) is 0 Å². The van der Waals surface area contributed by atoms with Crippen LogP contribution in [-0.4, -0.2) is 28.8 Å². The highest BCUT2D eigenvalue weighted by Crippen LogP contribution is 2.12. The fraction of sp³-hybridized carbons (Fsp3) is 0.154. The van der Waals surface area contributed by atoms with E-state index in [-0.39, 0.29) is 5.91 Å². The molecule has 0 spiro atoms. The molecule has 98 valence electrons. The molecule has 1 aromatic carbocycles. The fourth-order valence-electron chi connectivity index (χ4n) is 1.57. The van der Waals surface area contributed by atoms with Crippen LogP contribution in [0.5, 0.6) is 0 Å². The van der Waals surface area contributed by atoms with Crippen molar-refractivity contribution in [2.75, 3.05) is 12.4 Å². The largest absolute Gasteiger partial charge is 0.465 e. The number of amides is 1. The maximum absolute atomic E-state index is 11.9. The van der Waals surface area contributed by atoms with E-state index < -0.39 is 5.97 Å². The number of hydrogen-bond donors (Lipinski definition) is 1. The molecule has 0 atom stereocenters. The summed E-state index contributed by atoms with van der Waals surface area (Å²) in [6.07, 6.45) is 1.68. The number of methoxy groups -OCH3 is 1. The Balaban J connectivity index is 2.15. The van der Waals surface area contributed by atoms with Crippen LogP contribution < -0.4 is 5.32 Å². The minimum atomic E-state index is -0.450. The van der Waals surface area contributed by atoms with E-state index in [9.17, 15) is 9.59 Å². The maximum atomic E-state index is 11.9. The summed E-state index contributed by atoms with van der Waals surface area (Å²) in [7, 11) is 3.04. The molecule has 0 saturated heterocycles. The zero-order valence-electron chi connectivity index (χ0n) is 10.6. The molecule has 0 fully saturated rings. The Bertz CT molecular complexity index is 619. The van der Waals surface area contributed by atoms with Crippen LogP contribution in [-0.2, 0) is 11.8 Å². The van der Waals surface area contributed by atoms with Gasteiger partial charge in [-0.2, -0.15) is 5.10 Å². The van der Waals surface area contributed by atoms with Crippen molar-refractivity contribution in [2.24, 2.45) is 7.05 Å². The van der Waals surface area contributed by atoms with Crippen LogP contribution in [0.15, 0.2) is 36.5 Å². The Morgan fingerprint density at radius 1 is 1.32 bits per heavy atom. The lowest BCUT2D eigenvalue weighted by Gasteiger charge is -2.05. The van der Waals surface area contributed by atoms with Gasteiger partial charge in [-0.1, -0.05) is 6.07 Å². The van der Waals surface area contributed by atoms with E-state index in [1.54, 1.807) is 48.3 Å². The van der Waals surface area contributed by atoms with Gasteiger partial charge in [0.2, 0.25) is 0 Å². The van der Waals surface area contributed by atoms with Gasteiger partial charge in [-0.25, -0.2) is 4.79 Å². The first-order valence-corrected chi connectivity index (χ1v) is 5.59. The highest BCUT2D eigenvalue weighted by atomic mass is 16.5. The first kappa shape index (κ1) is 12.8. The van der Waals surface area contributed by atoms with Gasteiger partial charge in [0.05, 0.1) is 12.7 Å². The Morgan fingerprint density at radius 3 is 2.74 bits per heavy atom. The van der Waals surface area contributed by atoms with Crippen LogP contribution in [0.1, 0.15) is 20.8 Å². The van der Waals surface area contributed by atoms with Gasteiger partial charge < -0.3 is 10.1 Å². The van der Waals surface area contributed by atoms with Crippen molar-refractivity contribution < 1.29 is 14.3 Å². The van der Waals surface area contributed by atoms with Crippen LogP contribution in [0.4, 0.5) is 5.69 Å². The molecule has 1 aromatic heterocycles. The van der Waals surface area contributed by atoms with Crippen LogP contribution in [0.2, 0.25) is 0 Å². The summed E-state index contributed by atoms with van der Waals surface area (Å²) in [5.74, 6) is -0.781. The van der Waals surface area contributed by atoms with Crippen molar-refractivity contribution in [3.63, 3.8) is 0 Å². The number of hydrogen-bond acceptors (Lipinski definition) is 4. The van der Waals surface area contributed by atoms with E-state index in [4.69, 9.17) is 0 Å². The SMILES string of the molecule is COC(=O)c1cccc(NC(=O)c2ccn(C)n2)c1. The van der Waals surface area contributed by atoms with E-state index in [1.165, 1.54) is 7.11 Å².